The maximum absolute atomic E-state index is 15.0. The van der Waals surface area contributed by atoms with Crippen LogP contribution < -0.4 is 0 Å². The number of rotatable bonds is 6. The molecule has 1 aliphatic heterocycles. The number of carbonyl (C=O) groups is 1. The third-order valence-electron chi connectivity index (χ3n) is 6.87. The Balaban J connectivity index is 1.22. The fourth-order valence-corrected chi connectivity index (χ4v) is 4.76. The van der Waals surface area contributed by atoms with Gasteiger partial charge < -0.3 is 9.47 Å². The third kappa shape index (κ3) is 4.89. The molecule has 0 bridgehead atoms. The maximum Gasteiger partial charge on any atom is 0.338 e. The molecular formula is C29H25F3O3. The van der Waals surface area contributed by atoms with E-state index in [0.717, 1.165) is 5.56 Å². The van der Waals surface area contributed by atoms with Crippen molar-refractivity contribution in [3.05, 3.63) is 101 Å². The SMILES string of the molecule is C=Cc1ccc(-c2ccc(C3CCC(OC(=O)c4ccc(C5CO5)c(F)c4)CC3)c(F)c2F)cc1. The van der Waals surface area contributed by atoms with Crippen molar-refractivity contribution in [2.75, 3.05) is 6.61 Å². The molecule has 0 amide bonds. The number of halogens is 3. The Kier molecular flexibility index (Phi) is 6.48. The first-order chi connectivity index (χ1) is 16.9. The topological polar surface area (TPSA) is 38.8 Å². The number of carbonyl (C=O) groups excluding carboxylic acids is 1. The van der Waals surface area contributed by atoms with Gasteiger partial charge in [0.25, 0.3) is 0 Å². The third-order valence-corrected chi connectivity index (χ3v) is 6.87. The van der Waals surface area contributed by atoms with Crippen molar-refractivity contribution in [2.24, 2.45) is 0 Å². The van der Waals surface area contributed by atoms with Gasteiger partial charge in [-0.15, -0.1) is 0 Å². The summed E-state index contributed by atoms with van der Waals surface area (Å²) in [6, 6.07) is 14.6. The van der Waals surface area contributed by atoms with Gasteiger partial charge in [-0.3, -0.25) is 0 Å². The Hall–Kier alpha value is -3.38. The molecule has 2 aliphatic rings. The lowest BCUT2D eigenvalue weighted by Crippen LogP contribution is -2.24. The van der Waals surface area contributed by atoms with E-state index < -0.39 is 23.4 Å². The van der Waals surface area contributed by atoms with Crippen molar-refractivity contribution < 1.29 is 27.4 Å². The minimum absolute atomic E-state index is 0.152. The number of hydrogen-bond acceptors (Lipinski definition) is 3. The van der Waals surface area contributed by atoms with E-state index in [0.29, 0.717) is 49.0 Å². The van der Waals surface area contributed by atoms with Crippen LogP contribution in [0.3, 0.4) is 0 Å². The molecule has 1 unspecified atom stereocenters. The number of epoxide rings is 1. The summed E-state index contributed by atoms with van der Waals surface area (Å²) in [5.74, 6) is -2.91. The molecule has 3 aromatic rings. The van der Waals surface area contributed by atoms with E-state index in [1.54, 1.807) is 54.6 Å². The van der Waals surface area contributed by atoms with Crippen LogP contribution in [-0.4, -0.2) is 18.7 Å². The van der Waals surface area contributed by atoms with E-state index in [1.165, 1.54) is 6.07 Å². The van der Waals surface area contributed by atoms with Gasteiger partial charge in [0.15, 0.2) is 11.6 Å². The van der Waals surface area contributed by atoms with Crippen molar-refractivity contribution in [3.63, 3.8) is 0 Å². The van der Waals surface area contributed by atoms with Crippen LogP contribution in [-0.2, 0) is 9.47 Å². The standard InChI is InChI=1S/C29H25F3O3/c1-2-17-3-5-18(6-4-17)22-13-14-23(28(32)27(22)31)19-7-10-21(11-8-19)35-29(33)20-9-12-24(25(30)15-20)26-16-34-26/h2-6,9,12-15,19,21,26H,1,7-8,10-11,16H2. The summed E-state index contributed by atoms with van der Waals surface area (Å²) in [7, 11) is 0. The Morgan fingerprint density at radius 1 is 0.914 bits per heavy atom. The second kappa shape index (κ2) is 9.70. The summed E-state index contributed by atoms with van der Waals surface area (Å²) in [5.41, 5.74) is 2.66. The van der Waals surface area contributed by atoms with Crippen LogP contribution in [0.15, 0.2) is 61.2 Å². The van der Waals surface area contributed by atoms with Gasteiger partial charge in [-0.25, -0.2) is 18.0 Å². The monoisotopic (exact) mass is 478 g/mol. The Labute approximate surface area is 202 Å². The molecule has 0 radical (unpaired) electrons. The lowest BCUT2D eigenvalue weighted by atomic mass is 9.82. The first-order valence-electron chi connectivity index (χ1n) is 11.8. The van der Waals surface area contributed by atoms with Crippen LogP contribution in [0.25, 0.3) is 17.2 Å². The zero-order valence-corrected chi connectivity index (χ0v) is 19.1. The van der Waals surface area contributed by atoms with Gasteiger partial charge >= 0.3 is 5.97 Å². The maximum atomic E-state index is 15.0. The molecule has 35 heavy (non-hydrogen) atoms. The van der Waals surface area contributed by atoms with Crippen LogP contribution in [0, 0.1) is 17.5 Å². The van der Waals surface area contributed by atoms with Crippen LogP contribution in [0.5, 0.6) is 0 Å². The van der Waals surface area contributed by atoms with Crippen molar-refractivity contribution >= 4 is 12.0 Å². The molecule has 0 N–H and O–H groups in total. The highest BCUT2D eigenvalue weighted by atomic mass is 19.2. The van der Waals surface area contributed by atoms with E-state index in [4.69, 9.17) is 9.47 Å². The average molecular weight is 479 g/mol. The molecule has 3 aromatic carbocycles. The number of benzene rings is 3. The number of ether oxygens (including phenoxy) is 2. The van der Waals surface area contributed by atoms with Gasteiger partial charge in [0.1, 0.15) is 18.0 Å². The van der Waals surface area contributed by atoms with Gasteiger partial charge in [0.05, 0.1) is 12.2 Å². The molecule has 1 atom stereocenters. The average Bonchev–Trinajstić information content (AvgIpc) is 3.72. The molecule has 1 saturated heterocycles. The molecule has 1 aliphatic carbocycles. The molecule has 180 valence electrons. The highest BCUT2D eigenvalue weighted by Crippen LogP contribution is 2.38. The highest BCUT2D eigenvalue weighted by molar-refractivity contribution is 5.89. The van der Waals surface area contributed by atoms with E-state index in [9.17, 15) is 13.6 Å². The second-order valence-corrected chi connectivity index (χ2v) is 9.09. The largest absolute Gasteiger partial charge is 0.459 e. The summed E-state index contributed by atoms with van der Waals surface area (Å²) in [5, 5.41) is 0. The van der Waals surface area contributed by atoms with Crippen molar-refractivity contribution in [2.45, 2.75) is 43.8 Å². The fraction of sp³-hybridized carbons (Fsp3) is 0.276. The van der Waals surface area contributed by atoms with Crippen molar-refractivity contribution in [1.82, 2.24) is 0 Å². The Bertz CT molecular complexity index is 1260. The molecule has 5 rings (SSSR count). The smallest absolute Gasteiger partial charge is 0.338 e. The zero-order chi connectivity index (χ0) is 24.5. The van der Waals surface area contributed by atoms with Crippen LogP contribution in [0.1, 0.15) is 64.8 Å². The lowest BCUT2D eigenvalue weighted by Gasteiger charge is -2.29. The highest BCUT2D eigenvalue weighted by Gasteiger charge is 2.30. The first kappa shape index (κ1) is 23.4. The Morgan fingerprint density at radius 3 is 2.23 bits per heavy atom. The summed E-state index contributed by atoms with van der Waals surface area (Å²) < 4.78 is 54.8. The lowest BCUT2D eigenvalue weighted by molar-refractivity contribution is 0.0193. The van der Waals surface area contributed by atoms with E-state index in [1.807, 2.05) is 0 Å². The van der Waals surface area contributed by atoms with Crippen LogP contribution in [0.2, 0.25) is 0 Å². The molecule has 6 heteroatoms. The summed E-state index contributed by atoms with van der Waals surface area (Å²) in [6.07, 6.45) is 3.30. The number of esters is 1. The number of hydrogen-bond donors (Lipinski definition) is 0. The fourth-order valence-electron chi connectivity index (χ4n) is 4.76. The molecular weight excluding hydrogens is 453 g/mol. The van der Waals surface area contributed by atoms with Gasteiger partial charge in [0, 0.05) is 11.1 Å². The molecule has 1 saturated carbocycles. The molecule has 0 aromatic heterocycles. The van der Waals surface area contributed by atoms with Crippen molar-refractivity contribution in [3.8, 4) is 11.1 Å². The van der Waals surface area contributed by atoms with Crippen LogP contribution in [0.4, 0.5) is 13.2 Å². The minimum Gasteiger partial charge on any atom is -0.459 e. The van der Waals surface area contributed by atoms with E-state index in [-0.39, 0.29) is 29.3 Å². The summed E-state index contributed by atoms with van der Waals surface area (Å²) in [6.45, 7) is 4.18. The van der Waals surface area contributed by atoms with Gasteiger partial charge in [-0.05, 0) is 60.4 Å². The molecule has 1 heterocycles. The molecule has 0 spiro atoms. The van der Waals surface area contributed by atoms with E-state index in [2.05, 4.69) is 6.58 Å². The summed E-state index contributed by atoms with van der Waals surface area (Å²) in [4.78, 5) is 12.5. The predicted octanol–water partition coefficient (Wildman–Crippen LogP) is 7.37. The minimum atomic E-state index is -0.857. The predicted molar refractivity (Wildman–Crippen MR) is 127 cm³/mol. The molecule has 2 fully saturated rings. The zero-order valence-electron chi connectivity index (χ0n) is 19.1. The van der Waals surface area contributed by atoms with Gasteiger partial charge in [0.2, 0.25) is 0 Å². The van der Waals surface area contributed by atoms with E-state index >= 15 is 4.39 Å². The quantitative estimate of drug-likeness (QED) is 0.274. The molecule has 3 nitrogen and oxygen atoms in total. The van der Waals surface area contributed by atoms with Crippen molar-refractivity contribution in [1.29, 1.82) is 0 Å². The summed E-state index contributed by atoms with van der Waals surface area (Å²) >= 11 is 0. The Morgan fingerprint density at radius 2 is 1.60 bits per heavy atom. The second-order valence-electron chi connectivity index (χ2n) is 9.09. The normalized spacial score (nSPS) is 21.4. The van der Waals surface area contributed by atoms with Gasteiger partial charge in [-0.1, -0.05) is 55.1 Å². The van der Waals surface area contributed by atoms with Crippen LogP contribution >= 0.6 is 0 Å². The van der Waals surface area contributed by atoms with Gasteiger partial charge in [-0.2, -0.15) is 0 Å². The first-order valence-corrected chi connectivity index (χ1v) is 11.8.